The van der Waals surface area contributed by atoms with E-state index in [0.717, 1.165) is 31.4 Å². The summed E-state index contributed by atoms with van der Waals surface area (Å²) in [6.45, 7) is 2.96. The first kappa shape index (κ1) is 14.4. The summed E-state index contributed by atoms with van der Waals surface area (Å²) in [5.41, 5.74) is 2.33. The number of carbonyl (C=O) groups is 1. The van der Waals surface area contributed by atoms with Gasteiger partial charge in [0, 0.05) is 18.5 Å². The minimum atomic E-state index is 0.249. The van der Waals surface area contributed by atoms with Gasteiger partial charge in [-0.25, -0.2) is 0 Å². The molecule has 1 aromatic rings. The Hall–Kier alpha value is -1.02. The molecular weight excluding hydrogens is 258 g/mol. The van der Waals surface area contributed by atoms with Crippen molar-refractivity contribution < 1.29 is 4.79 Å². The van der Waals surface area contributed by atoms with Crippen molar-refractivity contribution in [1.29, 1.82) is 0 Å². The van der Waals surface area contributed by atoms with E-state index in [9.17, 15) is 4.79 Å². The number of hydrogen-bond donors (Lipinski definition) is 0. The van der Waals surface area contributed by atoms with Crippen LogP contribution >= 0.6 is 11.6 Å². The van der Waals surface area contributed by atoms with Gasteiger partial charge in [-0.1, -0.05) is 29.8 Å². The number of benzene rings is 1. The maximum absolute atomic E-state index is 12.4. The van der Waals surface area contributed by atoms with E-state index >= 15 is 0 Å². The molecule has 0 N–H and O–H groups in total. The van der Waals surface area contributed by atoms with E-state index in [1.54, 1.807) is 0 Å². The van der Waals surface area contributed by atoms with Gasteiger partial charge in [-0.3, -0.25) is 4.79 Å². The summed E-state index contributed by atoms with van der Waals surface area (Å²) in [4.78, 5) is 14.5. The molecular formula is C16H22ClNO. The van der Waals surface area contributed by atoms with Crippen LogP contribution in [-0.2, 0) is 11.2 Å². The Bertz CT molecular complexity index is 413. The second-order valence-corrected chi connectivity index (χ2v) is 5.75. The maximum atomic E-state index is 12.4. The molecule has 0 aliphatic carbocycles. The van der Waals surface area contributed by atoms with E-state index < -0.39 is 0 Å². The zero-order valence-corrected chi connectivity index (χ0v) is 12.3. The monoisotopic (exact) mass is 279 g/mol. The van der Waals surface area contributed by atoms with Crippen LogP contribution in [0.1, 0.15) is 36.8 Å². The second-order valence-electron chi connectivity index (χ2n) is 5.38. The van der Waals surface area contributed by atoms with Gasteiger partial charge in [0.2, 0.25) is 5.91 Å². The van der Waals surface area contributed by atoms with E-state index in [0.29, 0.717) is 18.3 Å². The van der Waals surface area contributed by atoms with E-state index in [1.165, 1.54) is 12.0 Å². The minimum absolute atomic E-state index is 0.249. The molecule has 3 heteroatoms. The fourth-order valence-electron chi connectivity index (χ4n) is 2.74. The van der Waals surface area contributed by atoms with Crippen LogP contribution in [0.2, 0.25) is 0 Å². The van der Waals surface area contributed by atoms with Crippen LogP contribution in [0.4, 0.5) is 0 Å². The molecule has 1 unspecified atom stereocenters. The molecule has 0 radical (unpaired) electrons. The molecule has 0 saturated carbocycles. The Morgan fingerprint density at radius 1 is 1.32 bits per heavy atom. The van der Waals surface area contributed by atoms with Crippen molar-refractivity contribution in [3.8, 4) is 0 Å². The lowest BCUT2D eigenvalue weighted by Crippen LogP contribution is -2.44. The Balaban J connectivity index is 1.99. The molecule has 1 saturated heterocycles. The Labute approximate surface area is 120 Å². The molecule has 1 amide bonds. The average molecular weight is 280 g/mol. The van der Waals surface area contributed by atoms with Crippen LogP contribution in [0.5, 0.6) is 0 Å². The summed E-state index contributed by atoms with van der Waals surface area (Å²) in [5.74, 6) is 0.887. The van der Waals surface area contributed by atoms with Crippen LogP contribution in [0, 0.1) is 6.92 Å². The largest absolute Gasteiger partial charge is 0.339 e. The van der Waals surface area contributed by atoms with Gasteiger partial charge in [0.1, 0.15) is 0 Å². The number of carbonyl (C=O) groups excluding carboxylic acids is 1. The van der Waals surface area contributed by atoms with Gasteiger partial charge in [0.15, 0.2) is 0 Å². The summed E-state index contributed by atoms with van der Waals surface area (Å²) >= 11 is 5.84. The van der Waals surface area contributed by atoms with Crippen LogP contribution in [0.3, 0.4) is 0 Å². The highest BCUT2D eigenvalue weighted by atomic mass is 35.5. The van der Waals surface area contributed by atoms with Crippen LogP contribution in [-0.4, -0.2) is 29.3 Å². The minimum Gasteiger partial charge on any atom is -0.339 e. The highest BCUT2D eigenvalue weighted by Gasteiger charge is 2.25. The molecule has 0 bridgehead atoms. The number of likely N-dealkylation sites (tertiary alicyclic amines) is 1. The van der Waals surface area contributed by atoms with Gasteiger partial charge in [-0.05, 0) is 38.2 Å². The molecule has 19 heavy (non-hydrogen) atoms. The van der Waals surface area contributed by atoms with Crippen molar-refractivity contribution >= 4 is 17.5 Å². The average Bonchev–Trinajstić information content (AvgIpc) is 2.42. The van der Waals surface area contributed by atoms with Gasteiger partial charge >= 0.3 is 0 Å². The topological polar surface area (TPSA) is 20.3 Å². The van der Waals surface area contributed by atoms with Crippen molar-refractivity contribution in [3.05, 3.63) is 35.4 Å². The van der Waals surface area contributed by atoms with Gasteiger partial charge in [-0.15, -0.1) is 11.6 Å². The third kappa shape index (κ3) is 3.97. The predicted octanol–water partition coefficient (Wildman–Crippen LogP) is 3.55. The molecule has 1 aliphatic rings. The quantitative estimate of drug-likeness (QED) is 0.772. The third-order valence-electron chi connectivity index (χ3n) is 3.87. The molecule has 1 aliphatic heterocycles. The van der Waals surface area contributed by atoms with Gasteiger partial charge in [0.25, 0.3) is 0 Å². The van der Waals surface area contributed by atoms with Crippen molar-refractivity contribution in [3.63, 3.8) is 0 Å². The molecule has 0 spiro atoms. The number of rotatable bonds is 4. The van der Waals surface area contributed by atoms with E-state index in [-0.39, 0.29) is 5.91 Å². The Kier molecular flexibility index (Phi) is 5.26. The molecule has 1 aromatic carbocycles. The summed E-state index contributed by atoms with van der Waals surface area (Å²) in [6.07, 6.45) is 4.88. The zero-order chi connectivity index (χ0) is 13.7. The number of amides is 1. The van der Waals surface area contributed by atoms with Gasteiger partial charge in [-0.2, -0.15) is 0 Å². The molecule has 2 nitrogen and oxygen atoms in total. The van der Waals surface area contributed by atoms with Crippen molar-refractivity contribution in [2.75, 3.05) is 12.4 Å². The third-order valence-corrected chi connectivity index (χ3v) is 4.08. The van der Waals surface area contributed by atoms with Crippen molar-refractivity contribution in [2.24, 2.45) is 0 Å². The lowest BCUT2D eigenvalue weighted by molar-refractivity contribution is -0.134. The molecule has 0 aromatic heterocycles. The zero-order valence-electron chi connectivity index (χ0n) is 11.6. The molecule has 2 rings (SSSR count). The molecule has 1 heterocycles. The van der Waals surface area contributed by atoms with Crippen LogP contribution in [0.15, 0.2) is 24.3 Å². The molecule has 1 atom stereocenters. The summed E-state index contributed by atoms with van der Waals surface area (Å²) in [6, 6.07) is 8.58. The number of halogens is 1. The Morgan fingerprint density at radius 2 is 2.05 bits per heavy atom. The fourth-order valence-corrected chi connectivity index (χ4v) is 2.99. The first-order chi connectivity index (χ1) is 9.20. The number of piperidine rings is 1. The lowest BCUT2D eigenvalue weighted by Gasteiger charge is -2.35. The number of alkyl halides is 1. The number of nitrogens with zero attached hydrogens (tertiary/aromatic N) is 1. The normalized spacial score (nSPS) is 19.5. The molecule has 1 fully saturated rings. The summed E-state index contributed by atoms with van der Waals surface area (Å²) in [5, 5.41) is 0. The van der Waals surface area contributed by atoms with E-state index in [4.69, 9.17) is 11.6 Å². The Morgan fingerprint density at radius 3 is 2.74 bits per heavy atom. The number of hydrogen-bond acceptors (Lipinski definition) is 1. The number of aryl methyl sites for hydroxylation is 1. The van der Waals surface area contributed by atoms with E-state index in [2.05, 4.69) is 19.1 Å². The second kappa shape index (κ2) is 6.95. The van der Waals surface area contributed by atoms with Crippen LogP contribution in [0.25, 0.3) is 0 Å². The predicted molar refractivity (Wildman–Crippen MR) is 79.6 cm³/mol. The van der Waals surface area contributed by atoms with Crippen molar-refractivity contribution in [2.45, 2.75) is 45.1 Å². The maximum Gasteiger partial charge on any atom is 0.227 e. The highest BCUT2D eigenvalue weighted by molar-refractivity contribution is 6.17. The van der Waals surface area contributed by atoms with E-state index in [1.807, 2.05) is 17.0 Å². The summed E-state index contributed by atoms with van der Waals surface area (Å²) in [7, 11) is 0. The van der Waals surface area contributed by atoms with Gasteiger partial charge in [0.05, 0.1) is 6.42 Å². The fraction of sp³-hybridized carbons (Fsp3) is 0.562. The SMILES string of the molecule is Cc1ccc(CC(=O)N2CCCCC2CCCl)cc1. The lowest BCUT2D eigenvalue weighted by atomic mass is 9.98. The summed E-state index contributed by atoms with van der Waals surface area (Å²) < 4.78 is 0. The smallest absolute Gasteiger partial charge is 0.227 e. The molecule has 104 valence electrons. The highest BCUT2D eigenvalue weighted by Crippen LogP contribution is 2.21. The van der Waals surface area contributed by atoms with Crippen LogP contribution < -0.4 is 0 Å². The van der Waals surface area contributed by atoms with Crippen molar-refractivity contribution in [1.82, 2.24) is 4.90 Å². The standard InChI is InChI=1S/C16H22ClNO/c1-13-5-7-14(8-6-13)12-16(19)18-11-3-2-4-15(18)9-10-17/h5-8,15H,2-4,9-12H2,1H3. The van der Waals surface area contributed by atoms with Gasteiger partial charge < -0.3 is 4.90 Å². The first-order valence-electron chi connectivity index (χ1n) is 7.11. The first-order valence-corrected chi connectivity index (χ1v) is 7.65.